The number of rotatable bonds is 4. The number of benzene rings is 2. The van der Waals surface area contributed by atoms with Crippen molar-refractivity contribution in [3.63, 3.8) is 0 Å². The van der Waals surface area contributed by atoms with E-state index < -0.39 is 0 Å². The molecular formula is C15H14ClFO2. The predicted molar refractivity (Wildman–Crippen MR) is 73.8 cm³/mol. The van der Waals surface area contributed by atoms with Crippen LogP contribution in [-0.2, 0) is 5.88 Å². The monoisotopic (exact) mass is 280 g/mol. The molecule has 0 unspecified atom stereocenters. The molecule has 0 saturated heterocycles. The molecule has 0 aromatic heterocycles. The van der Waals surface area contributed by atoms with Crippen LogP contribution < -0.4 is 9.47 Å². The summed E-state index contributed by atoms with van der Waals surface area (Å²) in [7, 11) is 1.58. The molecule has 0 saturated carbocycles. The number of hydrogen-bond acceptors (Lipinski definition) is 2. The van der Waals surface area contributed by atoms with Gasteiger partial charge in [0.1, 0.15) is 11.6 Å². The third-order valence-corrected chi connectivity index (χ3v) is 2.99. The van der Waals surface area contributed by atoms with Crippen LogP contribution in [0.5, 0.6) is 17.2 Å². The summed E-state index contributed by atoms with van der Waals surface area (Å²) >= 11 is 5.79. The quantitative estimate of drug-likeness (QED) is 0.758. The van der Waals surface area contributed by atoms with Crippen LogP contribution >= 0.6 is 11.6 Å². The molecule has 0 spiro atoms. The lowest BCUT2D eigenvalue weighted by molar-refractivity contribution is 0.377. The average molecular weight is 281 g/mol. The summed E-state index contributed by atoms with van der Waals surface area (Å²) in [4.78, 5) is 0. The standard InChI is InChI=1S/C15H14ClFO2/c1-10-3-5-14(15(7-10)18-2)19-13-6-4-12(17)8-11(13)9-16/h3-8H,9H2,1-2H3. The highest BCUT2D eigenvalue weighted by atomic mass is 35.5. The van der Waals surface area contributed by atoms with E-state index in [1.807, 2.05) is 25.1 Å². The van der Waals surface area contributed by atoms with E-state index in [1.165, 1.54) is 12.1 Å². The summed E-state index contributed by atoms with van der Waals surface area (Å²) in [6.07, 6.45) is 0. The van der Waals surface area contributed by atoms with Crippen LogP contribution in [0, 0.1) is 12.7 Å². The minimum atomic E-state index is -0.334. The fraction of sp³-hybridized carbons (Fsp3) is 0.200. The lowest BCUT2D eigenvalue weighted by Gasteiger charge is -2.13. The topological polar surface area (TPSA) is 18.5 Å². The summed E-state index contributed by atoms with van der Waals surface area (Å²) in [5, 5.41) is 0. The van der Waals surface area contributed by atoms with Gasteiger partial charge in [0, 0.05) is 5.56 Å². The third kappa shape index (κ3) is 3.18. The maximum Gasteiger partial charge on any atom is 0.169 e. The fourth-order valence-corrected chi connectivity index (χ4v) is 1.94. The third-order valence-electron chi connectivity index (χ3n) is 2.71. The minimum absolute atomic E-state index is 0.182. The van der Waals surface area contributed by atoms with Gasteiger partial charge in [0.15, 0.2) is 11.5 Å². The zero-order chi connectivity index (χ0) is 13.8. The number of aryl methyl sites for hydroxylation is 1. The van der Waals surface area contributed by atoms with E-state index in [0.717, 1.165) is 5.56 Å². The molecule has 2 rings (SSSR count). The molecule has 2 nitrogen and oxygen atoms in total. The van der Waals surface area contributed by atoms with Crippen LogP contribution in [0.2, 0.25) is 0 Å². The molecule has 4 heteroatoms. The maximum absolute atomic E-state index is 13.1. The largest absolute Gasteiger partial charge is 0.493 e. The van der Waals surface area contributed by atoms with Crippen molar-refractivity contribution in [1.82, 2.24) is 0 Å². The van der Waals surface area contributed by atoms with Gasteiger partial charge >= 0.3 is 0 Å². The van der Waals surface area contributed by atoms with Crippen LogP contribution in [0.3, 0.4) is 0 Å². The van der Waals surface area contributed by atoms with Crippen molar-refractivity contribution in [3.8, 4) is 17.2 Å². The molecular weight excluding hydrogens is 267 g/mol. The molecule has 0 heterocycles. The van der Waals surface area contributed by atoms with Gasteiger partial charge in [-0.3, -0.25) is 0 Å². The first kappa shape index (κ1) is 13.7. The van der Waals surface area contributed by atoms with Crippen LogP contribution in [0.4, 0.5) is 4.39 Å². The molecule has 0 radical (unpaired) electrons. The summed E-state index contributed by atoms with van der Waals surface area (Å²) in [5.41, 5.74) is 1.67. The van der Waals surface area contributed by atoms with Crippen molar-refractivity contribution < 1.29 is 13.9 Å². The molecule has 0 amide bonds. The van der Waals surface area contributed by atoms with Gasteiger partial charge in [-0.15, -0.1) is 11.6 Å². The van der Waals surface area contributed by atoms with Crippen molar-refractivity contribution in [1.29, 1.82) is 0 Å². The number of methoxy groups -OCH3 is 1. The highest BCUT2D eigenvalue weighted by Gasteiger charge is 2.09. The Morgan fingerprint density at radius 3 is 2.47 bits per heavy atom. The molecule has 0 aliphatic heterocycles. The van der Waals surface area contributed by atoms with E-state index in [4.69, 9.17) is 21.1 Å². The number of alkyl halides is 1. The van der Waals surface area contributed by atoms with Gasteiger partial charge in [-0.25, -0.2) is 4.39 Å². The zero-order valence-corrected chi connectivity index (χ0v) is 11.5. The Hall–Kier alpha value is -1.74. The van der Waals surface area contributed by atoms with E-state index >= 15 is 0 Å². The van der Waals surface area contributed by atoms with Crippen molar-refractivity contribution in [2.45, 2.75) is 12.8 Å². The first-order valence-corrected chi connectivity index (χ1v) is 6.34. The Labute approximate surface area is 116 Å². The summed E-state index contributed by atoms with van der Waals surface area (Å²) < 4.78 is 24.2. The second-order valence-electron chi connectivity index (χ2n) is 4.14. The normalized spacial score (nSPS) is 10.3. The van der Waals surface area contributed by atoms with Gasteiger partial charge in [0.2, 0.25) is 0 Å². The van der Waals surface area contributed by atoms with Gasteiger partial charge in [0.05, 0.1) is 13.0 Å². The summed E-state index contributed by atoms with van der Waals surface area (Å²) in [6.45, 7) is 1.97. The van der Waals surface area contributed by atoms with Gasteiger partial charge in [-0.05, 0) is 42.8 Å². The second-order valence-corrected chi connectivity index (χ2v) is 4.41. The lowest BCUT2D eigenvalue weighted by atomic mass is 10.2. The SMILES string of the molecule is COc1cc(C)ccc1Oc1ccc(F)cc1CCl. The molecule has 0 atom stereocenters. The molecule has 19 heavy (non-hydrogen) atoms. The zero-order valence-electron chi connectivity index (χ0n) is 10.7. The lowest BCUT2D eigenvalue weighted by Crippen LogP contribution is -1.94. The Kier molecular flexibility index (Phi) is 4.27. The fourth-order valence-electron chi connectivity index (χ4n) is 1.73. The van der Waals surface area contributed by atoms with Crippen LogP contribution in [0.1, 0.15) is 11.1 Å². The number of hydrogen-bond donors (Lipinski definition) is 0. The average Bonchev–Trinajstić information content (AvgIpc) is 2.42. The van der Waals surface area contributed by atoms with Crippen molar-refractivity contribution in [2.75, 3.05) is 7.11 Å². The molecule has 2 aromatic rings. The molecule has 100 valence electrons. The Balaban J connectivity index is 2.36. The van der Waals surface area contributed by atoms with Gasteiger partial charge in [-0.2, -0.15) is 0 Å². The molecule has 2 aromatic carbocycles. The van der Waals surface area contributed by atoms with Crippen molar-refractivity contribution in [2.24, 2.45) is 0 Å². The van der Waals surface area contributed by atoms with Crippen LogP contribution in [0.15, 0.2) is 36.4 Å². The Bertz CT molecular complexity index is 533. The highest BCUT2D eigenvalue weighted by Crippen LogP contribution is 2.34. The second kappa shape index (κ2) is 5.93. The van der Waals surface area contributed by atoms with E-state index in [-0.39, 0.29) is 11.7 Å². The number of halogens is 2. The molecule has 0 fully saturated rings. The highest BCUT2D eigenvalue weighted by molar-refractivity contribution is 6.17. The maximum atomic E-state index is 13.1. The first-order chi connectivity index (χ1) is 9.13. The van der Waals surface area contributed by atoms with E-state index in [1.54, 1.807) is 13.2 Å². The predicted octanol–water partition coefficient (Wildman–Crippen LogP) is 4.67. The Morgan fingerprint density at radius 1 is 1.05 bits per heavy atom. The van der Waals surface area contributed by atoms with Crippen molar-refractivity contribution in [3.05, 3.63) is 53.3 Å². The summed E-state index contributed by atoms with van der Waals surface area (Å²) in [6, 6.07) is 9.87. The molecule has 0 aliphatic rings. The summed E-state index contributed by atoms with van der Waals surface area (Å²) in [5.74, 6) is 1.58. The van der Waals surface area contributed by atoms with E-state index in [0.29, 0.717) is 22.8 Å². The van der Waals surface area contributed by atoms with Gasteiger partial charge in [0.25, 0.3) is 0 Å². The van der Waals surface area contributed by atoms with Crippen LogP contribution in [-0.4, -0.2) is 7.11 Å². The molecule has 0 aliphatic carbocycles. The van der Waals surface area contributed by atoms with E-state index in [2.05, 4.69) is 0 Å². The first-order valence-electron chi connectivity index (χ1n) is 5.81. The van der Waals surface area contributed by atoms with E-state index in [9.17, 15) is 4.39 Å². The van der Waals surface area contributed by atoms with Crippen LogP contribution in [0.25, 0.3) is 0 Å². The molecule has 0 N–H and O–H groups in total. The van der Waals surface area contributed by atoms with Gasteiger partial charge in [-0.1, -0.05) is 6.07 Å². The minimum Gasteiger partial charge on any atom is -0.493 e. The number of ether oxygens (including phenoxy) is 2. The Morgan fingerprint density at radius 2 is 1.79 bits per heavy atom. The van der Waals surface area contributed by atoms with Gasteiger partial charge < -0.3 is 9.47 Å². The molecule has 0 bridgehead atoms. The van der Waals surface area contributed by atoms with Crippen molar-refractivity contribution >= 4 is 11.6 Å². The smallest absolute Gasteiger partial charge is 0.169 e.